The van der Waals surface area contributed by atoms with Crippen molar-refractivity contribution >= 4 is 0 Å². The molecule has 0 aromatic rings. The maximum absolute atomic E-state index is 10.2. The molecule has 4 unspecified atom stereocenters. The number of aliphatic hydroxyl groups is 1. The normalized spacial score (nSPS) is 38.8. The SMILES string of the molecule is CCC1CCC(O)C(CN2CCCCC2CC)C1. The number of hydrogen-bond acceptors (Lipinski definition) is 2. The largest absolute Gasteiger partial charge is 0.393 e. The Bertz CT molecular complexity index is 243. The lowest BCUT2D eigenvalue weighted by Gasteiger charge is -2.41. The van der Waals surface area contributed by atoms with E-state index >= 15 is 0 Å². The Hall–Kier alpha value is -0.0800. The summed E-state index contributed by atoms with van der Waals surface area (Å²) in [5.41, 5.74) is 0. The van der Waals surface area contributed by atoms with E-state index in [2.05, 4.69) is 18.7 Å². The molecule has 1 aliphatic carbocycles. The monoisotopic (exact) mass is 253 g/mol. The first kappa shape index (κ1) is 14.3. The molecule has 2 fully saturated rings. The van der Waals surface area contributed by atoms with Crippen LogP contribution in [0, 0.1) is 11.8 Å². The second-order valence-electron chi connectivity index (χ2n) is 6.47. The molecule has 1 N–H and O–H groups in total. The Labute approximate surface area is 113 Å². The van der Waals surface area contributed by atoms with Crippen LogP contribution in [-0.2, 0) is 0 Å². The van der Waals surface area contributed by atoms with Gasteiger partial charge in [-0.1, -0.05) is 26.7 Å². The molecule has 2 nitrogen and oxygen atoms in total. The van der Waals surface area contributed by atoms with Gasteiger partial charge >= 0.3 is 0 Å². The van der Waals surface area contributed by atoms with Crippen LogP contribution in [0.1, 0.15) is 65.2 Å². The van der Waals surface area contributed by atoms with Gasteiger partial charge in [-0.3, -0.25) is 0 Å². The highest BCUT2D eigenvalue weighted by atomic mass is 16.3. The average Bonchev–Trinajstić information content (AvgIpc) is 2.42. The zero-order valence-electron chi connectivity index (χ0n) is 12.3. The molecule has 2 heteroatoms. The third kappa shape index (κ3) is 3.48. The van der Waals surface area contributed by atoms with Crippen molar-refractivity contribution in [2.45, 2.75) is 77.4 Å². The summed E-state index contributed by atoms with van der Waals surface area (Å²) in [7, 11) is 0. The highest BCUT2D eigenvalue weighted by molar-refractivity contribution is 4.85. The van der Waals surface area contributed by atoms with Crippen LogP contribution in [-0.4, -0.2) is 35.2 Å². The van der Waals surface area contributed by atoms with Crippen LogP contribution in [0.4, 0.5) is 0 Å². The lowest BCUT2D eigenvalue weighted by Crippen LogP contribution is -2.45. The fourth-order valence-corrected chi connectivity index (χ4v) is 3.98. The number of rotatable bonds is 4. The van der Waals surface area contributed by atoms with Gasteiger partial charge in [0.2, 0.25) is 0 Å². The molecular formula is C16H31NO. The van der Waals surface area contributed by atoms with E-state index in [9.17, 15) is 5.11 Å². The van der Waals surface area contributed by atoms with Crippen LogP contribution in [0.15, 0.2) is 0 Å². The van der Waals surface area contributed by atoms with Crippen molar-refractivity contribution in [2.75, 3.05) is 13.1 Å². The number of hydrogen-bond donors (Lipinski definition) is 1. The van der Waals surface area contributed by atoms with Gasteiger partial charge in [-0.2, -0.15) is 0 Å². The predicted octanol–water partition coefficient (Wildman–Crippen LogP) is 3.44. The quantitative estimate of drug-likeness (QED) is 0.829. The average molecular weight is 253 g/mol. The molecule has 0 bridgehead atoms. The van der Waals surface area contributed by atoms with Gasteiger partial charge in [0.05, 0.1) is 6.10 Å². The summed E-state index contributed by atoms with van der Waals surface area (Å²) in [6.45, 7) is 7.03. The zero-order chi connectivity index (χ0) is 13.0. The van der Waals surface area contributed by atoms with Crippen LogP contribution in [0.3, 0.4) is 0 Å². The highest BCUT2D eigenvalue weighted by Crippen LogP contribution is 2.33. The van der Waals surface area contributed by atoms with Crippen molar-refractivity contribution in [1.29, 1.82) is 0 Å². The number of likely N-dealkylation sites (tertiary alicyclic amines) is 1. The van der Waals surface area contributed by atoms with Crippen LogP contribution in [0.25, 0.3) is 0 Å². The smallest absolute Gasteiger partial charge is 0.0580 e. The molecule has 0 aromatic heterocycles. The number of piperidine rings is 1. The van der Waals surface area contributed by atoms with Gasteiger partial charge in [0.1, 0.15) is 0 Å². The summed E-state index contributed by atoms with van der Waals surface area (Å²) >= 11 is 0. The van der Waals surface area contributed by atoms with E-state index < -0.39 is 0 Å². The maximum atomic E-state index is 10.2. The maximum Gasteiger partial charge on any atom is 0.0580 e. The molecule has 2 rings (SSSR count). The molecule has 18 heavy (non-hydrogen) atoms. The summed E-state index contributed by atoms with van der Waals surface area (Å²) in [5.74, 6) is 1.40. The zero-order valence-corrected chi connectivity index (χ0v) is 12.3. The van der Waals surface area contributed by atoms with E-state index in [-0.39, 0.29) is 6.10 Å². The van der Waals surface area contributed by atoms with E-state index in [4.69, 9.17) is 0 Å². The van der Waals surface area contributed by atoms with Crippen LogP contribution >= 0.6 is 0 Å². The molecule has 2 aliphatic rings. The third-order valence-electron chi connectivity index (χ3n) is 5.32. The van der Waals surface area contributed by atoms with Gasteiger partial charge in [-0.25, -0.2) is 0 Å². The molecule has 0 spiro atoms. The van der Waals surface area contributed by atoms with Crippen molar-refractivity contribution in [3.8, 4) is 0 Å². The predicted molar refractivity (Wildman–Crippen MR) is 76.6 cm³/mol. The van der Waals surface area contributed by atoms with Crippen LogP contribution in [0.5, 0.6) is 0 Å². The Kier molecular flexibility index (Phi) is 5.50. The second-order valence-corrected chi connectivity index (χ2v) is 6.47. The molecule has 4 atom stereocenters. The van der Waals surface area contributed by atoms with Gasteiger partial charge in [0, 0.05) is 12.6 Å². The molecule has 1 saturated heterocycles. The first-order valence-electron chi connectivity index (χ1n) is 8.16. The van der Waals surface area contributed by atoms with Gasteiger partial charge in [-0.05, 0) is 56.9 Å². The van der Waals surface area contributed by atoms with Gasteiger partial charge in [0.15, 0.2) is 0 Å². The summed E-state index contributed by atoms with van der Waals surface area (Å²) in [6.07, 6.45) is 10.2. The molecule has 0 amide bonds. The Balaban J connectivity index is 1.89. The Morgan fingerprint density at radius 2 is 1.89 bits per heavy atom. The van der Waals surface area contributed by atoms with E-state index in [1.807, 2.05) is 0 Å². The minimum absolute atomic E-state index is 0.0350. The van der Waals surface area contributed by atoms with Crippen molar-refractivity contribution in [2.24, 2.45) is 11.8 Å². The summed E-state index contributed by atoms with van der Waals surface area (Å²) in [4.78, 5) is 2.68. The Morgan fingerprint density at radius 1 is 1.06 bits per heavy atom. The Morgan fingerprint density at radius 3 is 2.61 bits per heavy atom. The van der Waals surface area contributed by atoms with E-state index in [1.54, 1.807) is 0 Å². The van der Waals surface area contributed by atoms with Gasteiger partial charge in [0.25, 0.3) is 0 Å². The molecule has 1 saturated carbocycles. The minimum atomic E-state index is -0.0350. The van der Waals surface area contributed by atoms with Gasteiger partial charge < -0.3 is 10.0 Å². The van der Waals surface area contributed by atoms with E-state index in [1.165, 1.54) is 51.5 Å². The van der Waals surface area contributed by atoms with E-state index in [0.29, 0.717) is 5.92 Å². The minimum Gasteiger partial charge on any atom is -0.393 e. The highest BCUT2D eigenvalue weighted by Gasteiger charge is 2.31. The second kappa shape index (κ2) is 6.91. The summed E-state index contributed by atoms with van der Waals surface area (Å²) in [5, 5.41) is 10.2. The van der Waals surface area contributed by atoms with Crippen molar-refractivity contribution in [1.82, 2.24) is 4.90 Å². The molecular weight excluding hydrogens is 222 g/mol. The fourth-order valence-electron chi connectivity index (χ4n) is 3.98. The summed E-state index contributed by atoms with van der Waals surface area (Å²) < 4.78 is 0. The van der Waals surface area contributed by atoms with Gasteiger partial charge in [-0.15, -0.1) is 0 Å². The van der Waals surface area contributed by atoms with Crippen LogP contribution < -0.4 is 0 Å². The van der Waals surface area contributed by atoms with Crippen molar-refractivity contribution in [3.63, 3.8) is 0 Å². The number of nitrogens with zero attached hydrogens (tertiary/aromatic N) is 1. The van der Waals surface area contributed by atoms with Crippen molar-refractivity contribution < 1.29 is 5.11 Å². The molecule has 106 valence electrons. The fraction of sp³-hybridized carbons (Fsp3) is 1.00. The molecule has 1 aliphatic heterocycles. The van der Waals surface area contributed by atoms with E-state index in [0.717, 1.165) is 24.9 Å². The molecule has 1 heterocycles. The third-order valence-corrected chi connectivity index (χ3v) is 5.32. The topological polar surface area (TPSA) is 23.5 Å². The molecule has 0 aromatic carbocycles. The molecule has 0 radical (unpaired) electrons. The van der Waals surface area contributed by atoms with Crippen LogP contribution in [0.2, 0.25) is 0 Å². The number of aliphatic hydroxyl groups excluding tert-OH is 1. The standard InChI is InChI=1S/C16H31NO/c1-3-13-8-9-16(18)14(11-13)12-17-10-6-5-7-15(17)4-2/h13-16,18H,3-12H2,1-2H3. The lowest BCUT2D eigenvalue weighted by atomic mass is 9.77. The lowest BCUT2D eigenvalue weighted by molar-refractivity contribution is 0.0108. The first-order valence-corrected chi connectivity index (χ1v) is 8.16. The van der Waals surface area contributed by atoms with Crippen molar-refractivity contribution in [3.05, 3.63) is 0 Å². The first-order chi connectivity index (χ1) is 8.74. The summed E-state index contributed by atoms with van der Waals surface area (Å²) in [6, 6.07) is 0.785.